The Morgan fingerprint density at radius 3 is 2.81 bits per heavy atom. The molecule has 0 unspecified atom stereocenters. The molecule has 0 saturated heterocycles. The third-order valence-corrected chi connectivity index (χ3v) is 2.97. The predicted octanol–water partition coefficient (Wildman–Crippen LogP) is 3.15. The molecule has 21 heavy (non-hydrogen) atoms. The van der Waals surface area contributed by atoms with E-state index in [4.69, 9.17) is 9.47 Å². The Balaban J connectivity index is 1.96. The van der Waals surface area contributed by atoms with Gasteiger partial charge in [-0.3, -0.25) is 4.79 Å². The van der Waals surface area contributed by atoms with Crippen molar-refractivity contribution in [3.05, 3.63) is 41.5 Å². The quantitative estimate of drug-likeness (QED) is 0.668. The van der Waals surface area contributed by atoms with E-state index < -0.39 is 0 Å². The number of amides is 1. The summed E-state index contributed by atoms with van der Waals surface area (Å²) >= 11 is 0. The molecule has 1 aromatic rings. The number of hydrogen-bond donors (Lipinski definition) is 1. The standard InChI is InChI=1S/C17H21NO3/c1-12(2)10-18-17(19)7-4-13(3)8-14-5-6-15-16(9-14)21-11-20-15/h4-9,12H,10-11H2,1-3H3,(H,18,19)/b7-4+,13-8+. The molecule has 0 fully saturated rings. The predicted molar refractivity (Wildman–Crippen MR) is 83.2 cm³/mol. The lowest BCUT2D eigenvalue weighted by Crippen LogP contribution is -2.25. The fraction of sp³-hybridized carbons (Fsp3) is 0.353. The molecule has 0 saturated carbocycles. The van der Waals surface area contributed by atoms with Crippen molar-refractivity contribution in [2.45, 2.75) is 20.8 Å². The number of hydrogen-bond acceptors (Lipinski definition) is 3. The Hall–Kier alpha value is -2.23. The van der Waals surface area contributed by atoms with Crippen LogP contribution < -0.4 is 14.8 Å². The fourth-order valence-electron chi connectivity index (χ4n) is 1.88. The van der Waals surface area contributed by atoms with Gasteiger partial charge in [0.05, 0.1) is 0 Å². The monoisotopic (exact) mass is 287 g/mol. The van der Waals surface area contributed by atoms with Crippen LogP contribution in [-0.2, 0) is 4.79 Å². The van der Waals surface area contributed by atoms with Crippen molar-refractivity contribution in [2.75, 3.05) is 13.3 Å². The number of rotatable bonds is 5. The van der Waals surface area contributed by atoms with E-state index >= 15 is 0 Å². The second-order valence-corrected chi connectivity index (χ2v) is 5.47. The first kappa shape index (κ1) is 15.2. The third-order valence-electron chi connectivity index (χ3n) is 2.97. The summed E-state index contributed by atoms with van der Waals surface area (Å²) in [7, 11) is 0. The van der Waals surface area contributed by atoms with Gasteiger partial charge < -0.3 is 14.8 Å². The average molecular weight is 287 g/mol. The molecule has 0 aliphatic carbocycles. The molecule has 0 bridgehead atoms. The summed E-state index contributed by atoms with van der Waals surface area (Å²) in [6, 6.07) is 5.78. The Morgan fingerprint density at radius 1 is 1.29 bits per heavy atom. The highest BCUT2D eigenvalue weighted by atomic mass is 16.7. The number of ether oxygens (including phenoxy) is 2. The molecule has 1 aliphatic heterocycles. The number of allylic oxidation sites excluding steroid dienone is 2. The molecule has 4 heteroatoms. The third kappa shape index (κ3) is 4.67. The normalized spacial score (nSPS) is 14.0. The molecule has 1 heterocycles. The van der Waals surface area contributed by atoms with Gasteiger partial charge in [0.25, 0.3) is 0 Å². The SMILES string of the molecule is CC(/C=C/C(=O)NCC(C)C)=C\c1ccc2c(c1)OCO2. The van der Waals surface area contributed by atoms with Crippen molar-refractivity contribution < 1.29 is 14.3 Å². The second kappa shape index (κ2) is 6.97. The average Bonchev–Trinajstić information content (AvgIpc) is 2.90. The summed E-state index contributed by atoms with van der Waals surface area (Å²) in [5.74, 6) is 1.92. The summed E-state index contributed by atoms with van der Waals surface area (Å²) in [6.07, 6.45) is 5.36. The van der Waals surface area contributed by atoms with Crippen molar-refractivity contribution in [1.82, 2.24) is 5.32 Å². The van der Waals surface area contributed by atoms with Gasteiger partial charge in [0.15, 0.2) is 11.5 Å². The van der Waals surface area contributed by atoms with E-state index in [1.165, 1.54) is 0 Å². The van der Waals surface area contributed by atoms with E-state index in [-0.39, 0.29) is 12.7 Å². The van der Waals surface area contributed by atoms with Crippen LogP contribution in [0.2, 0.25) is 0 Å². The van der Waals surface area contributed by atoms with Gasteiger partial charge >= 0.3 is 0 Å². The lowest BCUT2D eigenvalue weighted by molar-refractivity contribution is -0.116. The van der Waals surface area contributed by atoms with E-state index in [1.54, 1.807) is 12.2 Å². The van der Waals surface area contributed by atoms with Crippen LogP contribution in [0, 0.1) is 5.92 Å². The molecule has 4 nitrogen and oxygen atoms in total. The smallest absolute Gasteiger partial charge is 0.243 e. The number of carbonyl (C=O) groups is 1. The summed E-state index contributed by atoms with van der Waals surface area (Å²) in [6.45, 7) is 7.05. The lowest BCUT2D eigenvalue weighted by atomic mass is 10.1. The maximum atomic E-state index is 11.6. The summed E-state index contributed by atoms with van der Waals surface area (Å²) < 4.78 is 10.6. The largest absolute Gasteiger partial charge is 0.454 e. The van der Waals surface area contributed by atoms with Crippen LogP contribution in [0.1, 0.15) is 26.3 Å². The van der Waals surface area contributed by atoms with Gasteiger partial charge in [0.1, 0.15) is 0 Å². The first-order chi connectivity index (χ1) is 10.0. The molecular weight excluding hydrogens is 266 g/mol. The van der Waals surface area contributed by atoms with E-state index in [0.717, 1.165) is 22.6 Å². The van der Waals surface area contributed by atoms with E-state index in [0.29, 0.717) is 12.5 Å². The number of fused-ring (bicyclic) bond motifs is 1. The van der Waals surface area contributed by atoms with Gasteiger partial charge in [-0.05, 0) is 30.5 Å². The van der Waals surface area contributed by atoms with E-state index in [1.807, 2.05) is 31.2 Å². The minimum Gasteiger partial charge on any atom is -0.454 e. The van der Waals surface area contributed by atoms with Gasteiger partial charge in [0, 0.05) is 12.6 Å². The van der Waals surface area contributed by atoms with Crippen LogP contribution in [0.3, 0.4) is 0 Å². The molecule has 0 spiro atoms. The van der Waals surface area contributed by atoms with Crippen molar-refractivity contribution in [1.29, 1.82) is 0 Å². The Bertz CT molecular complexity index is 573. The first-order valence-electron chi connectivity index (χ1n) is 7.08. The zero-order valence-electron chi connectivity index (χ0n) is 12.7. The highest BCUT2D eigenvalue weighted by Gasteiger charge is 2.12. The van der Waals surface area contributed by atoms with Crippen LogP contribution in [0.25, 0.3) is 6.08 Å². The number of carbonyl (C=O) groups excluding carboxylic acids is 1. The molecule has 2 rings (SSSR count). The Morgan fingerprint density at radius 2 is 2.05 bits per heavy atom. The summed E-state index contributed by atoms with van der Waals surface area (Å²) in [5.41, 5.74) is 2.01. The number of nitrogens with one attached hydrogen (secondary N) is 1. The van der Waals surface area contributed by atoms with Gasteiger partial charge in [-0.25, -0.2) is 0 Å². The zero-order chi connectivity index (χ0) is 15.2. The lowest BCUT2D eigenvalue weighted by Gasteiger charge is -2.04. The maximum absolute atomic E-state index is 11.6. The molecule has 0 atom stereocenters. The van der Waals surface area contributed by atoms with Crippen molar-refractivity contribution in [3.8, 4) is 11.5 Å². The first-order valence-corrected chi connectivity index (χ1v) is 7.08. The minimum atomic E-state index is -0.0675. The summed E-state index contributed by atoms with van der Waals surface area (Å²) in [5, 5.41) is 2.85. The molecule has 1 aliphatic rings. The molecular formula is C17H21NO3. The highest BCUT2D eigenvalue weighted by Crippen LogP contribution is 2.33. The van der Waals surface area contributed by atoms with Crippen LogP contribution in [0.4, 0.5) is 0 Å². The molecule has 112 valence electrons. The molecule has 0 aromatic heterocycles. The molecule has 0 radical (unpaired) electrons. The van der Waals surface area contributed by atoms with Crippen LogP contribution in [0.5, 0.6) is 11.5 Å². The maximum Gasteiger partial charge on any atom is 0.243 e. The molecule has 1 amide bonds. The van der Waals surface area contributed by atoms with Gasteiger partial charge in [0.2, 0.25) is 12.7 Å². The second-order valence-electron chi connectivity index (χ2n) is 5.47. The molecule has 1 aromatic carbocycles. The fourth-order valence-corrected chi connectivity index (χ4v) is 1.88. The highest BCUT2D eigenvalue weighted by molar-refractivity contribution is 5.88. The van der Waals surface area contributed by atoms with Crippen LogP contribution in [-0.4, -0.2) is 19.2 Å². The minimum absolute atomic E-state index is 0.0675. The summed E-state index contributed by atoms with van der Waals surface area (Å²) in [4.78, 5) is 11.6. The van der Waals surface area contributed by atoms with Crippen molar-refractivity contribution in [3.63, 3.8) is 0 Å². The van der Waals surface area contributed by atoms with Gasteiger partial charge in [-0.15, -0.1) is 0 Å². The van der Waals surface area contributed by atoms with E-state index in [9.17, 15) is 4.79 Å². The molecule has 1 N–H and O–H groups in total. The van der Waals surface area contributed by atoms with E-state index in [2.05, 4.69) is 19.2 Å². The Kier molecular flexibility index (Phi) is 5.04. The topological polar surface area (TPSA) is 47.6 Å². The Labute approximate surface area is 125 Å². The number of benzene rings is 1. The van der Waals surface area contributed by atoms with Crippen LogP contribution >= 0.6 is 0 Å². The van der Waals surface area contributed by atoms with Crippen molar-refractivity contribution >= 4 is 12.0 Å². The van der Waals surface area contributed by atoms with Gasteiger partial charge in [-0.1, -0.05) is 37.6 Å². The zero-order valence-corrected chi connectivity index (χ0v) is 12.7. The van der Waals surface area contributed by atoms with Crippen LogP contribution in [0.15, 0.2) is 35.9 Å². The van der Waals surface area contributed by atoms with Gasteiger partial charge in [-0.2, -0.15) is 0 Å². The van der Waals surface area contributed by atoms with Crippen molar-refractivity contribution in [2.24, 2.45) is 5.92 Å².